The van der Waals surface area contributed by atoms with Crippen molar-refractivity contribution in [2.24, 2.45) is 5.84 Å². The predicted octanol–water partition coefficient (Wildman–Crippen LogP) is 1.72. The fraction of sp³-hybridized carbons (Fsp3) is 0.600. The molecule has 0 aliphatic carbocycles. The molecule has 0 aromatic carbocycles. The van der Waals surface area contributed by atoms with Gasteiger partial charge in [-0.1, -0.05) is 18.7 Å². The van der Waals surface area contributed by atoms with Crippen LogP contribution in [0.3, 0.4) is 0 Å². The van der Waals surface area contributed by atoms with Gasteiger partial charge in [0, 0.05) is 19.2 Å². The first-order valence-electron chi connectivity index (χ1n) is 5.39. The number of nitrogens with one attached hydrogen (secondary N) is 1. The van der Waals surface area contributed by atoms with Crippen LogP contribution < -0.4 is 16.2 Å². The number of nitrogen functional groups attached to an aromatic ring is 1. The Morgan fingerprint density at radius 1 is 1.44 bits per heavy atom. The van der Waals surface area contributed by atoms with E-state index in [0.29, 0.717) is 5.82 Å². The van der Waals surface area contributed by atoms with Crippen molar-refractivity contribution in [3.05, 3.63) is 6.07 Å². The minimum Gasteiger partial charge on any atom is -0.357 e. The molecule has 0 saturated carbocycles. The second-order valence-corrected chi connectivity index (χ2v) is 4.10. The molecule has 3 N–H and O–H groups in total. The van der Waals surface area contributed by atoms with Crippen molar-refractivity contribution < 1.29 is 0 Å². The molecular weight excluding hydrogens is 222 g/mol. The summed E-state index contributed by atoms with van der Waals surface area (Å²) in [5.41, 5.74) is 2.57. The van der Waals surface area contributed by atoms with Gasteiger partial charge in [-0.05, 0) is 19.6 Å². The number of hydrogen-bond donors (Lipinski definition) is 2. The third-order valence-electron chi connectivity index (χ3n) is 2.22. The summed E-state index contributed by atoms with van der Waals surface area (Å²) in [7, 11) is 0. The van der Waals surface area contributed by atoms with E-state index in [9.17, 15) is 0 Å². The minimum absolute atomic E-state index is 0.656. The maximum atomic E-state index is 5.39. The summed E-state index contributed by atoms with van der Waals surface area (Å²) >= 11 is 1.51. The largest absolute Gasteiger partial charge is 0.357 e. The summed E-state index contributed by atoms with van der Waals surface area (Å²) in [6.07, 6.45) is 3.05. The number of anilines is 2. The van der Waals surface area contributed by atoms with Crippen molar-refractivity contribution in [2.75, 3.05) is 29.7 Å². The lowest BCUT2D eigenvalue weighted by Gasteiger charge is -2.21. The van der Waals surface area contributed by atoms with E-state index in [-0.39, 0.29) is 0 Å². The van der Waals surface area contributed by atoms with Crippen LogP contribution in [0.5, 0.6) is 0 Å². The van der Waals surface area contributed by atoms with E-state index < -0.39 is 0 Å². The molecule has 0 fully saturated rings. The third-order valence-corrected chi connectivity index (χ3v) is 2.77. The zero-order chi connectivity index (χ0) is 12.0. The number of nitrogens with two attached hydrogens (primary N) is 1. The Morgan fingerprint density at radius 3 is 2.69 bits per heavy atom. The molecule has 0 bridgehead atoms. The van der Waals surface area contributed by atoms with Gasteiger partial charge < -0.3 is 10.3 Å². The number of nitrogens with zero attached hydrogens (tertiary/aromatic N) is 3. The van der Waals surface area contributed by atoms with E-state index in [4.69, 9.17) is 5.84 Å². The number of aromatic nitrogens is 2. The smallest absolute Gasteiger partial charge is 0.191 e. The zero-order valence-electron chi connectivity index (χ0n) is 10.0. The van der Waals surface area contributed by atoms with Crippen molar-refractivity contribution >= 4 is 23.4 Å². The van der Waals surface area contributed by atoms with Gasteiger partial charge in [0.05, 0.1) is 0 Å². The van der Waals surface area contributed by atoms with Gasteiger partial charge in [0.15, 0.2) is 5.16 Å². The lowest BCUT2D eigenvalue weighted by molar-refractivity contribution is 0.765. The van der Waals surface area contributed by atoms with Crippen molar-refractivity contribution in [2.45, 2.75) is 25.4 Å². The molecule has 0 aliphatic rings. The molecule has 0 aliphatic heterocycles. The zero-order valence-corrected chi connectivity index (χ0v) is 10.8. The molecule has 0 amide bonds. The van der Waals surface area contributed by atoms with Gasteiger partial charge in [0.2, 0.25) is 0 Å². The van der Waals surface area contributed by atoms with Gasteiger partial charge in [0.25, 0.3) is 0 Å². The molecule has 0 radical (unpaired) electrons. The molecular formula is C10H19N5S. The first-order chi connectivity index (χ1) is 7.74. The average molecular weight is 241 g/mol. The second kappa shape index (κ2) is 6.55. The topological polar surface area (TPSA) is 67.1 Å². The van der Waals surface area contributed by atoms with Gasteiger partial charge in [-0.25, -0.2) is 15.8 Å². The normalized spacial score (nSPS) is 10.2. The SMILES string of the molecule is CCCN(CC)c1cc(NN)nc(SC)n1. The van der Waals surface area contributed by atoms with Crippen molar-refractivity contribution in [1.82, 2.24) is 9.97 Å². The minimum atomic E-state index is 0.656. The lowest BCUT2D eigenvalue weighted by atomic mass is 10.4. The number of thioether (sulfide) groups is 1. The summed E-state index contributed by atoms with van der Waals surface area (Å²) < 4.78 is 0. The molecule has 1 rings (SSSR count). The van der Waals surface area contributed by atoms with Gasteiger partial charge in [-0.2, -0.15) is 0 Å². The summed E-state index contributed by atoms with van der Waals surface area (Å²) in [4.78, 5) is 10.9. The van der Waals surface area contributed by atoms with Crippen LogP contribution in [0.15, 0.2) is 11.2 Å². The second-order valence-electron chi connectivity index (χ2n) is 3.32. The van der Waals surface area contributed by atoms with E-state index in [1.165, 1.54) is 11.8 Å². The summed E-state index contributed by atoms with van der Waals surface area (Å²) in [5, 5.41) is 0.736. The number of rotatable bonds is 6. The maximum absolute atomic E-state index is 5.39. The van der Waals surface area contributed by atoms with Gasteiger partial charge in [-0.15, -0.1) is 0 Å². The first kappa shape index (κ1) is 13.1. The molecule has 1 aromatic heterocycles. The molecule has 5 nitrogen and oxygen atoms in total. The Labute approximate surface area is 101 Å². The fourth-order valence-electron chi connectivity index (χ4n) is 1.44. The maximum Gasteiger partial charge on any atom is 0.191 e. The standard InChI is InChI=1S/C10H19N5S/c1-4-6-15(5-2)9-7-8(14-11)12-10(13-9)16-3/h7H,4-6,11H2,1-3H3,(H,12,13,14). The van der Waals surface area contributed by atoms with Crippen LogP contribution in [0.2, 0.25) is 0 Å². The Balaban J connectivity index is 3.00. The van der Waals surface area contributed by atoms with Gasteiger partial charge in [0.1, 0.15) is 11.6 Å². The Bertz CT molecular complexity index is 309. The van der Waals surface area contributed by atoms with E-state index in [1.54, 1.807) is 0 Å². The van der Waals surface area contributed by atoms with Crippen molar-refractivity contribution in [3.63, 3.8) is 0 Å². The van der Waals surface area contributed by atoms with Crippen LogP contribution in [0.1, 0.15) is 20.3 Å². The molecule has 0 spiro atoms. The van der Waals surface area contributed by atoms with E-state index in [1.807, 2.05) is 12.3 Å². The Morgan fingerprint density at radius 2 is 2.19 bits per heavy atom. The molecule has 1 aromatic rings. The highest BCUT2D eigenvalue weighted by Crippen LogP contribution is 2.19. The Kier molecular flexibility index (Phi) is 5.34. The quantitative estimate of drug-likeness (QED) is 0.342. The molecule has 90 valence electrons. The van der Waals surface area contributed by atoms with Crippen LogP contribution in [0.25, 0.3) is 0 Å². The molecule has 1 heterocycles. The highest BCUT2D eigenvalue weighted by molar-refractivity contribution is 7.98. The highest BCUT2D eigenvalue weighted by atomic mass is 32.2. The number of hydrazine groups is 1. The van der Waals surface area contributed by atoms with E-state index in [0.717, 1.165) is 30.5 Å². The lowest BCUT2D eigenvalue weighted by Crippen LogP contribution is -2.25. The molecule has 6 heteroatoms. The fourth-order valence-corrected chi connectivity index (χ4v) is 1.82. The van der Waals surface area contributed by atoms with Gasteiger partial charge >= 0.3 is 0 Å². The van der Waals surface area contributed by atoms with Crippen molar-refractivity contribution in [1.29, 1.82) is 0 Å². The summed E-state index contributed by atoms with van der Waals surface area (Å²) in [6.45, 7) is 6.20. The Hall–Kier alpha value is -1.01. The highest BCUT2D eigenvalue weighted by Gasteiger charge is 2.08. The number of hydrogen-bond acceptors (Lipinski definition) is 6. The predicted molar refractivity (Wildman–Crippen MR) is 69.8 cm³/mol. The van der Waals surface area contributed by atoms with Crippen molar-refractivity contribution in [3.8, 4) is 0 Å². The van der Waals surface area contributed by atoms with Crippen LogP contribution in [0, 0.1) is 0 Å². The monoisotopic (exact) mass is 241 g/mol. The summed E-state index contributed by atoms with van der Waals surface area (Å²) in [6, 6.07) is 1.87. The molecule has 0 atom stereocenters. The molecule has 0 unspecified atom stereocenters. The van der Waals surface area contributed by atoms with Crippen LogP contribution >= 0.6 is 11.8 Å². The van der Waals surface area contributed by atoms with Crippen LogP contribution in [-0.2, 0) is 0 Å². The summed E-state index contributed by atoms with van der Waals surface area (Å²) in [5.74, 6) is 6.97. The first-order valence-corrected chi connectivity index (χ1v) is 6.62. The van der Waals surface area contributed by atoms with Gasteiger partial charge in [-0.3, -0.25) is 0 Å². The van der Waals surface area contributed by atoms with Crippen LogP contribution in [-0.4, -0.2) is 29.3 Å². The van der Waals surface area contributed by atoms with Crippen LogP contribution in [0.4, 0.5) is 11.6 Å². The van der Waals surface area contributed by atoms with E-state index >= 15 is 0 Å². The average Bonchev–Trinajstić information content (AvgIpc) is 2.35. The third kappa shape index (κ3) is 3.24. The molecule has 16 heavy (non-hydrogen) atoms. The molecule has 0 saturated heterocycles. The van der Waals surface area contributed by atoms with E-state index in [2.05, 4.69) is 34.1 Å².